The molecule has 98 valence electrons. The van der Waals surface area contributed by atoms with Gasteiger partial charge in [0, 0.05) is 10.6 Å². The van der Waals surface area contributed by atoms with Crippen molar-refractivity contribution in [2.75, 3.05) is 0 Å². The molecular weight excluding hydrogens is 249 g/mol. The summed E-state index contributed by atoms with van der Waals surface area (Å²) in [5.74, 6) is -0.307. The third kappa shape index (κ3) is 3.33. The summed E-state index contributed by atoms with van der Waals surface area (Å²) in [5, 5.41) is 0.412. The van der Waals surface area contributed by atoms with Crippen LogP contribution in [-0.4, -0.2) is 0 Å². The Bertz CT molecular complexity index is 442. The van der Waals surface area contributed by atoms with Gasteiger partial charge in [0.05, 0.1) is 6.04 Å². The highest BCUT2D eigenvalue weighted by Crippen LogP contribution is 2.29. The normalized spacial score (nSPS) is 21.6. The minimum absolute atomic E-state index is 0.307. The van der Waals surface area contributed by atoms with E-state index >= 15 is 0 Å². The summed E-state index contributed by atoms with van der Waals surface area (Å²) in [4.78, 5) is 0. The van der Waals surface area contributed by atoms with Crippen molar-refractivity contribution in [2.24, 2.45) is 5.73 Å². The van der Waals surface area contributed by atoms with E-state index in [1.807, 2.05) is 0 Å². The second-order valence-electron chi connectivity index (χ2n) is 4.88. The molecule has 0 aromatic heterocycles. The fourth-order valence-corrected chi connectivity index (χ4v) is 2.61. The fourth-order valence-electron chi connectivity index (χ4n) is 2.45. The van der Waals surface area contributed by atoms with Crippen LogP contribution in [0.25, 0.3) is 0 Å². The van der Waals surface area contributed by atoms with Gasteiger partial charge in [0.15, 0.2) is 0 Å². The lowest BCUT2D eigenvalue weighted by molar-refractivity contribution is 0.574. The maximum Gasteiger partial charge on any atom is 0.129 e. The first-order chi connectivity index (χ1) is 8.68. The number of hydrogen-bond donors (Lipinski definition) is 1. The van der Waals surface area contributed by atoms with Crippen LogP contribution in [0.3, 0.4) is 0 Å². The third-order valence-corrected chi connectivity index (χ3v) is 3.76. The Morgan fingerprint density at radius 3 is 2.72 bits per heavy atom. The van der Waals surface area contributed by atoms with E-state index < -0.39 is 0 Å². The summed E-state index contributed by atoms with van der Waals surface area (Å²) < 4.78 is 13.8. The van der Waals surface area contributed by atoms with Crippen molar-refractivity contribution in [3.8, 4) is 0 Å². The molecule has 3 heteroatoms. The largest absolute Gasteiger partial charge is 0.320 e. The molecule has 1 unspecified atom stereocenters. The fraction of sp³-hybridized carbons (Fsp3) is 0.467. The molecule has 0 spiro atoms. The maximum atomic E-state index is 13.8. The van der Waals surface area contributed by atoms with Crippen molar-refractivity contribution in [2.45, 2.75) is 44.6 Å². The van der Waals surface area contributed by atoms with Crippen molar-refractivity contribution in [3.63, 3.8) is 0 Å². The van der Waals surface area contributed by atoms with E-state index in [9.17, 15) is 4.39 Å². The number of halogens is 2. The Balaban J connectivity index is 2.20. The zero-order valence-electron chi connectivity index (χ0n) is 10.5. The first kappa shape index (κ1) is 13.6. The van der Waals surface area contributed by atoms with E-state index in [4.69, 9.17) is 17.3 Å². The van der Waals surface area contributed by atoms with Crippen LogP contribution in [0.5, 0.6) is 0 Å². The Morgan fingerprint density at radius 2 is 1.94 bits per heavy atom. The molecule has 0 saturated heterocycles. The minimum atomic E-state index is -0.333. The number of hydrogen-bond acceptors (Lipinski definition) is 1. The van der Waals surface area contributed by atoms with E-state index in [2.05, 4.69) is 6.08 Å². The van der Waals surface area contributed by atoms with Crippen LogP contribution in [0, 0.1) is 5.82 Å². The SMILES string of the molecule is NC(/C1=C/CCCCCC1)c1ccc(Cl)cc1F. The maximum absolute atomic E-state index is 13.8. The van der Waals surface area contributed by atoms with Crippen molar-refractivity contribution in [1.29, 1.82) is 0 Å². The lowest BCUT2D eigenvalue weighted by Gasteiger charge is -2.19. The molecule has 0 bridgehead atoms. The van der Waals surface area contributed by atoms with Gasteiger partial charge in [-0.3, -0.25) is 0 Å². The van der Waals surface area contributed by atoms with E-state index in [0.717, 1.165) is 24.8 Å². The van der Waals surface area contributed by atoms with Gasteiger partial charge in [0.2, 0.25) is 0 Å². The van der Waals surface area contributed by atoms with Gasteiger partial charge >= 0.3 is 0 Å². The second kappa shape index (κ2) is 6.35. The average Bonchev–Trinajstić information content (AvgIpc) is 2.27. The summed E-state index contributed by atoms with van der Waals surface area (Å²) in [5.41, 5.74) is 7.90. The van der Waals surface area contributed by atoms with Crippen LogP contribution in [0.1, 0.15) is 50.1 Å². The standard InChI is InChI=1S/C15H19ClFN/c16-12-8-9-13(14(17)10-12)15(18)11-6-4-2-1-3-5-7-11/h6,8-10,15H,1-5,7,18H2/b11-6+. The van der Waals surface area contributed by atoms with Gasteiger partial charge in [-0.1, -0.05) is 42.2 Å². The minimum Gasteiger partial charge on any atom is -0.320 e. The number of nitrogens with two attached hydrogens (primary N) is 1. The predicted octanol–water partition coefficient (Wildman–Crippen LogP) is 4.76. The summed E-state index contributed by atoms with van der Waals surface area (Å²) in [6.45, 7) is 0. The summed E-state index contributed by atoms with van der Waals surface area (Å²) in [6, 6.07) is 4.39. The lowest BCUT2D eigenvalue weighted by Crippen LogP contribution is -2.15. The smallest absolute Gasteiger partial charge is 0.129 e. The molecule has 18 heavy (non-hydrogen) atoms. The van der Waals surface area contributed by atoms with E-state index in [-0.39, 0.29) is 11.9 Å². The van der Waals surface area contributed by atoms with Crippen LogP contribution >= 0.6 is 11.6 Å². The van der Waals surface area contributed by atoms with Crippen LogP contribution in [0.15, 0.2) is 29.8 Å². The van der Waals surface area contributed by atoms with Gasteiger partial charge in [-0.15, -0.1) is 0 Å². The van der Waals surface area contributed by atoms with Gasteiger partial charge in [0.1, 0.15) is 5.82 Å². The highest BCUT2D eigenvalue weighted by Gasteiger charge is 2.16. The van der Waals surface area contributed by atoms with Crippen LogP contribution in [0.2, 0.25) is 5.02 Å². The van der Waals surface area contributed by atoms with E-state index in [1.54, 1.807) is 12.1 Å². The van der Waals surface area contributed by atoms with Gasteiger partial charge in [-0.05, 0) is 37.8 Å². The second-order valence-corrected chi connectivity index (χ2v) is 5.31. The van der Waals surface area contributed by atoms with Gasteiger partial charge in [-0.25, -0.2) is 4.39 Å². The van der Waals surface area contributed by atoms with Gasteiger partial charge in [0.25, 0.3) is 0 Å². The predicted molar refractivity (Wildman–Crippen MR) is 74.1 cm³/mol. The summed E-state index contributed by atoms with van der Waals surface area (Å²) >= 11 is 5.76. The molecule has 1 aromatic rings. The number of allylic oxidation sites excluding steroid dienone is 1. The molecule has 0 fully saturated rings. The van der Waals surface area contributed by atoms with Gasteiger partial charge < -0.3 is 5.73 Å². The van der Waals surface area contributed by atoms with Crippen molar-refractivity contribution in [3.05, 3.63) is 46.3 Å². The highest BCUT2D eigenvalue weighted by molar-refractivity contribution is 6.30. The summed E-state index contributed by atoms with van der Waals surface area (Å²) in [6.07, 6.45) is 9.11. The molecule has 0 heterocycles. The molecule has 1 aliphatic carbocycles. The molecule has 0 aliphatic heterocycles. The molecular formula is C15H19ClFN. The molecule has 2 N–H and O–H groups in total. The zero-order chi connectivity index (χ0) is 13.0. The molecule has 1 aromatic carbocycles. The summed E-state index contributed by atoms with van der Waals surface area (Å²) in [7, 11) is 0. The van der Waals surface area contributed by atoms with Crippen molar-refractivity contribution >= 4 is 11.6 Å². The first-order valence-corrected chi connectivity index (χ1v) is 6.96. The lowest BCUT2D eigenvalue weighted by atomic mass is 9.91. The van der Waals surface area contributed by atoms with Crippen LogP contribution in [0.4, 0.5) is 4.39 Å². The quantitative estimate of drug-likeness (QED) is 0.768. The molecule has 1 nitrogen and oxygen atoms in total. The number of rotatable bonds is 2. The molecule has 0 saturated carbocycles. The Morgan fingerprint density at radius 1 is 1.17 bits per heavy atom. The first-order valence-electron chi connectivity index (χ1n) is 6.58. The van der Waals surface area contributed by atoms with Crippen molar-refractivity contribution < 1.29 is 4.39 Å². The van der Waals surface area contributed by atoms with Crippen molar-refractivity contribution in [1.82, 2.24) is 0 Å². The topological polar surface area (TPSA) is 26.0 Å². The zero-order valence-corrected chi connectivity index (χ0v) is 11.2. The van der Waals surface area contributed by atoms with Crippen LogP contribution < -0.4 is 5.73 Å². The molecule has 0 amide bonds. The third-order valence-electron chi connectivity index (χ3n) is 3.52. The van der Waals surface area contributed by atoms with E-state index in [0.29, 0.717) is 10.6 Å². The highest BCUT2D eigenvalue weighted by atomic mass is 35.5. The molecule has 2 rings (SSSR count). The molecule has 0 radical (unpaired) electrons. The van der Waals surface area contributed by atoms with Crippen LogP contribution in [-0.2, 0) is 0 Å². The molecule has 1 aliphatic rings. The average molecular weight is 268 g/mol. The number of benzene rings is 1. The monoisotopic (exact) mass is 267 g/mol. The Labute approximate surface area is 113 Å². The molecule has 1 atom stereocenters. The Hall–Kier alpha value is -0.860. The van der Waals surface area contributed by atoms with Gasteiger partial charge in [-0.2, -0.15) is 0 Å². The Kier molecular flexibility index (Phi) is 4.79. The van der Waals surface area contributed by atoms with E-state index in [1.165, 1.54) is 25.3 Å².